The number of rotatable bonds is 1. The molecule has 3 rings (SSSR count). The summed E-state index contributed by atoms with van der Waals surface area (Å²) in [5.41, 5.74) is 1.49. The van der Waals surface area contributed by atoms with Gasteiger partial charge in [0, 0.05) is 5.02 Å². The summed E-state index contributed by atoms with van der Waals surface area (Å²) in [4.78, 5) is 0. The van der Waals surface area contributed by atoms with E-state index in [0.717, 1.165) is 18.1 Å². The average Bonchev–Trinajstić information content (AvgIpc) is 2.39. The minimum Gasteiger partial charge on any atom is -0.317 e. The third-order valence-electron chi connectivity index (χ3n) is 3.66. The van der Waals surface area contributed by atoms with Gasteiger partial charge in [-0.25, -0.2) is 0 Å². The number of fused-ring (bicyclic) bond motifs is 1. The molecular formula is C15H16ClN. The lowest BCUT2D eigenvalue weighted by molar-refractivity contribution is 0.462. The summed E-state index contributed by atoms with van der Waals surface area (Å²) in [6.45, 7) is 2.27. The van der Waals surface area contributed by atoms with Gasteiger partial charge in [0.2, 0.25) is 0 Å². The van der Waals surface area contributed by atoms with Gasteiger partial charge in [-0.15, -0.1) is 0 Å². The molecule has 1 saturated heterocycles. The lowest BCUT2D eigenvalue weighted by Crippen LogP contribution is -2.26. The van der Waals surface area contributed by atoms with Gasteiger partial charge in [0.25, 0.3) is 0 Å². The van der Waals surface area contributed by atoms with Crippen molar-refractivity contribution in [2.75, 3.05) is 13.1 Å². The van der Waals surface area contributed by atoms with E-state index in [1.807, 2.05) is 6.07 Å². The number of benzene rings is 2. The average molecular weight is 246 g/mol. The number of hydrogen-bond acceptors (Lipinski definition) is 1. The molecule has 0 bridgehead atoms. The van der Waals surface area contributed by atoms with Crippen molar-refractivity contribution in [1.82, 2.24) is 5.32 Å². The maximum Gasteiger partial charge on any atom is 0.0412 e. The molecule has 0 radical (unpaired) electrons. The van der Waals surface area contributed by atoms with Crippen molar-refractivity contribution in [3.8, 4) is 0 Å². The van der Waals surface area contributed by atoms with Gasteiger partial charge in [0.1, 0.15) is 0 Å². The topological polar surface area (TPSA) is 12.0 Å². The van der Waals surface area contributed by atoms with Crippen molar-refractivity contribution in [2.45, 2.75) is 18.8 Å². The Kier molecular flexibility index (Phi) is 3.04. The molecular weight excluding hydrogens is 230 g/mol. The molecule has 1 aliphatic rings. The van der Waals surface area contributed by atoms with Crippen LogP contribution in [-0.2, 0) is 0 Å². The maximum absolute atomic E-state index is 6.05. The molecule has 1 N–H and O–H groups in total. The van der Waals surface area contributed by atoms with Crippen molar-refractivity contribution in [3.05, 3.63) is 47.0 Å². The molecule has 2 aromatic carbocycles. The van der Waals surface area contributed by atoms with Gasteiger partial charge in [-0.3, -0.25) is 0 Å². The molecule has 0 atom stereocenters. The SMILES string of the molecule is Clc1ccc2c(C3CCNCC3)cccc2c1. The molecule has 1 aliphatic heterocycles. The highest BCUT2D eigenvalue weighted by atomic mass is 35.5. The second-order valence-corrected chi connectivity index (χ2v) is 5.17. The number of hydrogen-bond donors (Lipinski definition) is 1. The summed E-state index contributed by atoms with van der Waals surface area (Å²) in [7, 11) is 0. The minimum absolute atomic E-state index is 0.695. The first kappa shape index (κ1) is 11.1. The van der Waals surface area contributed by atoms with E-state index < -0.39 is 0 Å². The molecule has 1 nitrogen and oxygen atoms in total. The molecule has 0 saturated carbocycles. The van der Waals surface area contributed by atoms with E-state index in [0.29, 0.717) is 5.92 Å². The molecule has 1 fully saturated rings. The number of halogens is 1. The third-order valence-corrected chi connectivity index (χ3v) is 3.89. The van der Waals surface area contributed by atoms with Crippen molar-refractivity contribution in [2.24, 2.45) is 0 Å². The highest BCUT2D eigenvalue weighted by Crippen LogP contribution is 2.32. The highest BCUT2D eigenvalue weighted by molar-refractivity contribution is 6.31. The van der Waals surface area contributed by atoms with Gasteiger partial charge < -0.3 is 5.32 Å². The van der Waals surface area contributed by atoms with E-state index in [2.05, 4.69) is 35.6 Å². The zero-order chi connectivity index (χ0) is 11.7. The molecule has 2 aromatic rings. The monoisotopic (exact) mass is 245 g/mol. The van der Waals surface area contributed by atoms with Gasteiger partial charge in [-0.05, 0) is 60.3 Å². The fourth-order valence-electron chi connectivity index (χ4n) is 2.77. The molecule has 0 unspecified atom stereocenters. The predicted octanol–water partition coefficient (Wildman–Crippen LogP) is 3.96. The van der Waals surface area contributed by atoms with Gasteiger partial charge in [-0.2, -0.15) is 0 Å². The van der Waals surface area contributed by atoms with E-state index in [1.165, 1.54) is 29.2 Å². The quantitative estimate of drug-likeness (QED) is 0.802. The van der Waals surface area contributed by atoms with E-state index in [9.17, 15) is 0 Å². The first-order valence-electron chi connectivity index (χ1n) is 6.23. The number of piperidine rings is 1. The zero-order valence-electron chi connectivity index (χ0n) is 9.75. The summed E-state index contributed by atoms with van der Waals surface area (Å²) in [6.07, 6.45) is 2.48. The van der Waals surface area contributed by atoms with Gasteiger partial charge in [0.05, 0.1) is 0 Å². The Morgan fingerprint density at radius 2 is 1.88 bits per heavy atom. The van der Waals surface area contributed by atoms with Crippen LogP contribution in [0.5, 0.6) is 0 Å². The predicted molar refractivity (Wildman–Crippen MR) is 73.8 cm³/mol. The van der Waals surface area contributed by atoms with Crippen LogP contribution < -0.4 is 5.32 Å². The Morgan fingerprint density at radius 1 is 1.06 bits per heavy atom. The summed E-state index contributed by atoms with van der Waals surface area (Å²) < 4.78 is 0. The fourth-order valence-corrected chi connectivity index (χ4v) is 2.95. The van der Waals surface area contributed by atoms with E-state index in [1.54, 1.807) is 0 Å². The van der Waals surface area contributed by atoms with E-state index in [-0.39, 0.29) is 0 Å². The zero-order valence-corrected chi connectivity index (χ0v) is 10.5. The largest absolute Gasteiger partial charge is 0.317 e. The molecule has 0 aliphatic carbocycles. The van der Waals surface area contributed by atoms with Crippen LogP contribution in [0.15, 0.2) is 36.4 Å². The van der Waals surface area contributed by atoms with Crippen LogP contribution in [0.25, 0.3) is 10.8 Å². The molecule has 0 aromatic heterocycles. The lowest BCUT2D eigenvalue weighted by atomic mass is 9.87. The number of nitrogens with one attached hydrogen (secondary N) is 1. The lowest BCUT2D eigenvalue weighted by Gasteiger charge is -2.24. The van der Waals surface area contributed by atoms with Crippen LogP contribution in [0.4, 0.5) is 0 Å². The molecule has 1 heterocycles. The normalized spacial score (nSPS) is 17.5. The summed E-state index contributed by atoms with van der Waals surface area (Å²) in [6, 6.07) is 12.8. The summed E-state index contributed by atoms with van der Waals surface area (Å²) >= 11 is 6.05. The van der Waals surface area contributed by atoms with Crippen LogP contribution in [0.2, 0.25) is 5.02 Å². The van der Waals surface area contributed by atoms with Crippen LogP contribution in [0, 0.1) is 0 Å². The second-order valence-electron chi connectivity index (χ2n) is 4.74. The third kappa shape index (κ3) is 2.18. The maximum atomic E-state index is 6.05. The van der Waals surface area contributed by atoms with Gasteiger partial charge in [-0.1, -0.05) is 35.9 Å². The Morgan fingerprint density at radius 3 is 2.71 bits per heavy atom. The van der Waals surface area contributed by atoms with Crippen LogP contribution in [-0.4, -0.2) is 13.1 Å². The van der Waals surface area contributed by atoms with Crippen LogP contribution in [0.1, 0.15) is 24.3 Å². The summed E-state index contributed by atoms with van der Waals surface area (Å²) in [5.74, 6) is 0.695. The van der Waals surface area contributed by atoms with Gasteiger partial charge >= 0.3 is 0 Å². The highest BCUT2D eigenvalue weighted by Gasteiger charge is 2.16. The van der Waals surface area contributed by atoms with Crippen molar-refractivity contribution < 1.29 is 0 Å². The van der Waals surface area contributed by atoms with Crippen LogP contribution >= 0.6 is 11.6 Å². The molecule has 2 heteroatoms. The smallest absolute Gasteiger partial charge is 0.0412 e. The molecule has 0 amide bonds. The first-order valence-corrected chi connectivity index (χ1v) is 6.61. The van der Waals surface area contributed by atoms with Crippen molar-refractivity contribution in [3.63, 3.8) is 0 Å². The Labute approximate surface area is 107 Å². The van der Waals surface area contributed by atoms with Gasteiger partial charge in [0.15, 0.2) is 0 Å². The molecule has 88 valence electrons. The van der Waals surface area contributed by atoms with Crippen molar-refractivity contribution >= 4 is 22.4 Å². The first-order chi connectivity index (χ1) is 8.34. The Bertz CT molecular complexity index is 529. The van der Waals surface area contributed by atoms with Crippen molar-refractivity contribution in [1.29, 1.82) is 0 Å². The second kappa shape index (κ2) is 4.67. The van der Waals surface area contributed by atoms with Crippen LogP contribution in [0.3, 0.4) is 0 Å². The summed E-state index contributed by atoms with van der Waals surface area (Å²) in [5, 5.41) is 6.86. The minimum atomic E-state index is 0.695. The standard InChI is InChI=1S/C15H16ClN/c16-13-4-5-15-12(10-13)2-1-3-14(15)11-6-8-17-9-7-11/h1-5,10-11,17H,6-9H2. The fraction of sp³-hybridized carbons (Fsp3) is 0.333. The molecule has 0 spiro atoms. The van der Waals surface area contributed by atoms with E-state index in [4.69, 9.17) is 11.6 Å². The Hall–Kier alpha value is -1.05. The molecule has 17 heavy (non-hydrogen) atoms. The van der Waals surface area contributed by atoms with E-state index >= 15 is 0 Å². The Balaban J connectivity index is 2.09.